The van der Waals surface area contributed by atoms with Crippen molar-refractivity contribution in [1.29, 1.82) is 0 Å². The molecule has 3 rings (SSSR count). The summed E-state index contributed by atoms with van der Waals surface area (Å²) >= 11 is 0. The van der Waals surface area contributed by atoms with Crippen LogP contribution in [0, 0.1) is 5.92 Å². The number of hydrogen-bond acceptors (Lipinski definition) is 4. The quantitative estimate of drug-likeness (QED) is 0.840. The number of carbonyl (C=O) groups is 3. The number of carbonyl (C=O) groups excluding carboxylic acids is 2. The molecule has 7 nitrogen and oxygen atoms in total. The fourth-order valence-electron chi connectivity index (χ4n) is 3.19. The van der Waals surface area contributed by atoms with E-state index in [1.807, 2.05) is 18.2 Å². The van der Waals surface area contributed by atoms with E-state index in [4.69, 9.17) is 5.11 Å². The largest absolute Gasteiger partial charge is 0.478 e. The highest BCUT2D eigenvalue weighted by molar-refractivity contribution is 5.89. The summed E-state index contributed by atoms with van der Waals surface area (Å²) in [5.74, 6) is -1.49. The number of carboxylic acid groups (broad SMARTS) is 1. The van der Waals surface area contributed by atoms with Crippen molar-refractivity contribution in [3.8, 4) is 0 Å². The summed E-state index contributed by atoms with van der Waals surface area (Å²) in [5, 5.41) is 8.94. The Labute approximate surface area is 157 Å². The fraction of sp³-hybridized carbons (Fsp3) is 0.300. The van der Waals surface area contributed by atoms with Gasteiger partial charge in [0.1, 0.15) is 0 Å². The third-order valence-corrected chi connectivity index (χ3v) is 4.64. The topological polar surface area (TPSA) is 90.8 Å². The Kier molecular flexibility index (Phi) is 5.49. The summed E-state index contributed by atoms with van der Waals surface area (Å²) in [5.41, 5.74) is 1.84. The number of aromatic carboxylic acids is 1. The minimum atomic E-state index is -0.983. The van der Waals surface area contributed by atoms with Gasteiger partial charge in [0.15, 0.2) is 0 Å². The van der Waals surface area contributed by atoms with Crippen molar-refractivity contribution >= 4 is 17.8 Å². The summed E-state index contributed by atoms with van der Waals surface area (Å²) in [7, 11) is 1.69. The molecule has 0 saturated carbocycles. The van der Waals surface area contributed by atoms with E-state index in [1.54, 1.807) is 35.2 Å². The molecule has 140 valence electrons. The molecule has 1 aliphatic heterocycles. The van der Waals surface area contributed by atoms with E-state index in [9.17, 15) is 14.4 Å². The van der Waals surface area contributed by atoms with Crippen molar-refractivity contribution in [1.82, 2.24) is 14.8 Å². The van der Waals surface area contributed by atoms with Gasteiger partial charge in [0.05, 0.1) is 23.7 Å². The molecule has 1 aromatic carbocycles. The van der Waals surface area contributed by atoms with Crippen molar-refractivity contribution in [3.05, 3.63) is 65.5 Å². The molecule has 1 aromatic heterocycles. The second kappa shape index (κ2) is 7.99. The van der Waals surface area contributed by atoms with Gasteiger partial charge in [-0.1, -0.05) is 18.2 Å². The van der Waals surface area contributed by atoms with Crippen LogP contribution in [0.2, 0.25) is 0 Å². The number of nitrogens with zero attached hydrogens (tertiary/aromatic N) is 3. The highest BCUT2D eigenvalue weighted by Gasteiger charge is 2.35. The number of benzene rings is 1. The zero-order valence-electron chi connectivity index (χ0n) is 15.0. The Morgan fingerprint density at radius 1 is 1.22 bits per heavy atom. The zero-order valence-corrected chi connectivity index (χ0v) is 15.0. The molecular weight excluding hydrogens is 346 g/mol. The maximum absolute atomic E-state index is 12.7. The Bertz CT molecular complexity index is 836. The van der Waals surface area contributed by atoms with E-state index in [-0.39, 0.29) is 29.7 Å². The Morgan fingerprint density at radius 2 is 1.96 bits per heavy atom. The van der Waals surface area contributed by atoms with Crippen LogP contribution in [-0.2, 0) is 22.7 Å². The van der Waals surface area contributed by atoms with E-state index in [2.05, 4.69) is 4.98 Å². The van der Waals surface area contributed by atoms with Crippen LogP contribution in [0.4, 0.5) is 0 Å². The molecule has 1 N–H and O–H groups in total. The highest BCUT2D eigenvalue weighted by atomic mass is 16.4. The Balaban J connectivity index is 1.58. The number of carboxylic acids is 1. The van der Waals surface area contributed by atoms with Gasteiger partial charge in [-0.05, 0) is 29.8 Å². The van der Waals surface area contributed by atoms with E-state index < -0.39 is 5.97 Å². The lowest BCUT2D eigenvalue weighted by molar-refractivity contribution is -0.135. The molecule has 7 heteroatoms. The average molecular weight is 367 g/mol. The van der Waals surface area contributed by atoms with Crippen LogP contribution in [0.1, 0.15) is 28.0 Å². The number of pyridine rings is 1. The van der Waals surface area contributed by atoms with E-state index in [0.29, 0.717) is 19.6 Å². The third kappa shape index (κ3) is 4.49. The molecule has 27 heavy (non-hydrogen) atoms. The summed E-state index contributed by atoms with van der Waals surface area (Å²) < 4.78 is 0. The van der Waals surface area contributed by atoms with Crippen molar-refractivity contribution < 1.29 is 19.5 Å². The minimum absolute atomic E-state index is 0.0433. The number of aromatic nitrogens is 1. The van der Waals surface area contributed by atoms with Crippen LogP contribution < -0.4 is 0 Å². The monoisotopic (exact) mass is 367 g/mol. The lowest BCUT2D eigenvalue weighted by Crippen LogP contribution is -2.34. The average Bonchev–Trinajstić information content (AvgIpc) is 3.02. The maximum atomic E-state index is 12.7. The van der Waals surface area contributed by atoms with Crippen LogP contribution in [0.5, 0.6) is 0 Å². The number of likely N-dealkylation sites (tertiary alicyclic amines) is 1. The first-order valence-electron chi connectivity index (χ1n) is 8.69. The third-order valence-electron chi connectivity index (χ3n) is 4.64. The van der Waals surface area contributed by atoms with Crippen molar-refractivity contribution in [2.75, 3.05) is 13.6 Å². The highest BCUT2D eigenvalue weighted by Crippen LogP contribution is 2.22. The Morgan fingerprint density at radius 3 is 2.59 bits per heavy atom. The second-order valence-electron chi connectivity index (χ2n) is 6.69. The molecule has 1 aliphatic rings. The minimum Gasteiger partial charge on any atom is -0.478 e. The molecule has 1 fully saturated rings. The number of hydrogen-bond donors (Lipinski definition) is 1. The van der Waals surface area contributed by atoms with Crippen LogP contribution in [0.3, 0.4) is 0 Å². The zero-order chi connectivity index (χ0) is 19.4. The van der Waals surface area contributed by atoms with Crippen molar-refractivity contribution in [2.24, 2.45) is 5.92 Å². The van der Waals surface area contributed by atoms with Gasteiger partial charge >= 0.3 is 5.97 Å². The fourth-order valence-corrected chi connectivity index (χ4v) is 3.19. The normalized spacial score (nSPS) is 16.4. The molecule has 0 spiro atoms. The molecule has 1 atom stereocenters. The molecule has 2 amide bonds. The van der Waals surface area contributed by atoms with E-state index in [0.717, 1.165) is 11.3 Å². The molecule has 2 heterocycles. The molecule has 1 saturated heterocycles. The smallest absolute Gasteiger partial charge is 0.335 e. The predicted molar refractivity (Wildman–Crippen MR) is 97.6 cm³/mol. The number of rotatable bonds is 6. The second-order valence-corrected chi connectivity index (χ2v) is 6.69. The first-order valence-corrected chi connectivity index (χ1v) is 8.69. The van der Waals surface area contributed by atoms with Crippen LogP contribution >= 0.6 is 0 Å². The van der Waals surface area contributed by atoms with Crippen LogP contribution in [0.25, 0.3) is 0 Å². The molecule has 1 unspecified atom stereocenters. The van der Waals surface area contributed by atoms with Gasteiger partial charge in [-0.2, -0.15) is 0 Å². The molecule has 0 bridgehead atoms. The van der Waals surface area contributed by atoms with Gasteiger partial charge in [0.2, 0.25) is 11.8 Å². The van der Waals surface area contributed by atoms with Gasteiger partial charge in [0.25, 0.3) is 0 Å². The first kappa shape index (κ1) is 18.6. The van der Waals surface area contributed by atoms with E-state index in [1.165, 1.54) is 12.1 Å². The standard InChI is InChI=1S/C20H21N3O4/c1-22(11-14-5-7-15(8-6-14)20(26)27)19(25)16-10-18(24)23(12-16)13-17-4-2-3-9-21-17/h2-9,16H,10-13H2,1H3,(H,26,27). The predicted octanol–water partition coefficient (Wildman–Crippen LogP) is 1.79. The first-order chi connectivity index (χ1) is 12.9. The number of amides is 2. The van der Waals surface area contributed by atoms with E-state index >= 15 is 0 Å². The van der Waals surface area contributed by atoms with Gasteiger partial charge in [-0.25, -0.2) is 4.79 Å². The molecule has 0 radical (unpaired) electrons. The lowest BCUT2D eigenvalue weighted by atomic mass is 10.1. The van der Waals surface area contributed by atoms with Crippen molar-refractivity contribution in [3.63, 3.8) is 0 Å². The summed E-state index contributed by atoms with van der Waals surface area (Å²) in [6.45, 7) is 1.16. The van der Waals surface area contributed by atoms with Crippen LogP contribution in [-0.4, -0.2) is 51.3 Å². The molecular formula is C20H21N3O4. The molecule has 0 aliphatic carbocycles. The molecule has 2 aromatic rings. The summed E-state index contributed by atoms with van der Waals surface area (Å²) in [4.78, 5) is 43.3. The lowest BCUT2D eigenvalue weighted by Gasteiger charge is -2.21. The SMILES string of the molecule is CN(Cc1ccc(C(=O)O)cc1)C(=O)C1CC(=O)N(Cc2ccccn2)C1. The van der Waals surface area contributed by atoms with Gasteiger partial charge in [-0.3, -0.25) is 14.6 Å². The van der Waals surface area contributed by atoms with Gasteiger partial charge < -0.3 is 14.9 Å². The van der Waals surface area contributed by atoms with Gasteiger partial charge in [-0.15, -0.1) is 0 Å². The maximum Gasteiger partial charge on any atom is 0.335 e. The van der Waals surface area contributed by atoms with Crippen molar-refractivity contribution in [2.45, 2.75) is 19.5 Å². The summed E-state index contributed by atoms with van der Waals surface area (Å²) in [6.07, 6.45) is 1.88. The summed E-state index contributed by atoms with van der Waals surface area (Å²) in [6, 6.07) is 12.0. The van der Waals surface area contributed by atoms with Crippen LogP contribution in [0.15, 0.2) is 48.7 Å². The van der Waals surface area contributed by atoms with Gasteiger partial charge in [0, 0.05) is 32.8 Å². The Hall–Kier alpha value is -3.22.